The van der Waals surface area contributed by atoms with Gasteiger partial charge in [-0.3, -0.25) is 0 Å². The number of benzene rings is 3. The van der Waals surface area contributed by atoms with E-state index in [-0.39, 0.29) is 0 Å². The zero-order valence-electron chi connectivity index (χ0n) is 16.3. The first-order valence-corrected chi connectivity index (χ1v) is 10.8. The zero-order valence-corrected chi connectivity index (χ0v) is 19.4. The first-order chi connectivity index (χ1) is 14.0. The summed E-state index contributed by atoms with van der Waals surface area (Å²) < 4.78 is 12.8. The van der Waals surface area contributed by atoms with Gasteiger partial charge in [0.25, 0.3) is 0 Å². The molecule has 3 rings (SSSR count). The Bertz CT molecular complexity index is 977. The van der Waals surface area contributed by atoms with E-state index in [2.05, 4.69) is 52.4 Å². The highest BCUT2D eigenvalue weighted by Gasteiger charge is 2.12. The minimum Gasteiger partial charge on any atom is -0.490 e. The van der Waals surface area contributed by atoms with Gasteiger partial charge in [-0.1, -0.05) is 62.9 Å². The van der Waals surface area contributed by atoms with Crippen LogP contribution >= 0.6 is 39.1 Å². The third-order valence-electron chi connectivity index (χ3n) is 4.33. The number of nitrogens with one attached hydrogen (secondary N) is 1. The van der Waals surface area contributed by atoms with E-state index in [0.717, 1.165) is 21.3 Å². The van der Waals surface area contributed by atoms with Crippen molar-refractivity contribution in [3.8, 4) is 11.5 Å². The number of hydrogen-bond donors (Lipinski definition) is 1. The van der Waals surface area contributed by atoms with Gasteiger partial charge in [-0.25, -0.2) is 0 Å². The van der Waals surface area contributed by atoms with Crippen molar-refractivity contribution in [2.24, 2.45) is 0 Å². The molecule has 0 fully saturated rings. The van der Waals surface area contributed by atoms with Crippen LogP contribution in [-0.4, -0.2) is 6.61 Å². The van der Waals surface area contributed by atoms with Gasteiger partial charge in [0.05, 0.1) is 16.7 Å². The summed E-state index contributed by atoms with van der Waals surface area (Å²) in [6.45, 7) is 5.61. The van der Waals surface area contributed by atoms with Crippen LogP contribution in [0.3, 0.4) is 0 Å². The van der Waals surface area contributed by atoms with Crippen LogP contribution < -0.4 is 14.8 Å². The lowest BCUT2D eigenvalue weighted by atomic mass is 10.1. The van der Waals surface area contributed by atoms with Gasteiger partial charge in [0.15, 0.2) is 11.5 Å². The molecule has 3 aromatic rings. The minimum absolute atomic E-state index is 0.365. The summed E-state index contributed by atoms with van der Waals surface area (Å²) >= 11 is 15.7. The second-order valence-corrected chi connectivity index (χ2v) is 8.25. The van der Waals surface area contributed by atoms with Crippen molar-refractivity contribution in [3.05, 3.63) is 85.8 Å². The van der Waals surface area contributed by atoms with Crippen LogP contribution in [0.1, 0.15) is 23.6 Å². The number of rotatable bonds is 8. The highest BCUT2D eigenvalue weighted by atomic mass is 79.9. The standard InChI is InChI=1S/C23H22BrCl2NO2/c1-3-28-22-11-17(13-27-18-7-4-15(2)5-8-18)19(24)12-23(22)29-14-16-6-9-20(25)21(26)10-16/h4-12,27H,3,13-14H2,1-2H3. The molecule has 29 heavy (non-hydrogen) atoms. The number of hydrogen-bond acceptors (Lipinski definition) is 3. The fourth-order valence-corrected chi connectivity index (χ4v) is 3.54. The first kappa shape index (κ1) is 21.8. The summed E-state index contributed by atoms with van der Waals surface area (Å²) in [6, 6.07) is 17.7. The van der Waals surface area contributed by atoms with Gasteiger partial charge in [-0.05, 0) is 61.4 Å². The second-order valence-electron chi connectivity index (χ2n) is 6.58. The molecule has 0 heterocycles. The number of halogens is 3. The molecule has 0 saturated carbocycles. The molecule has 0 radical (unpaired) electrons. The van der Waals surface area contributed by atoms with Gasteiger partial charge in [0.1, 0.15) is 6.61 Å². The molecule has 0 amide bonds. The van der Waals surface area contributed by atoms with E-state index in [9.17, 15) is 0 Å². The van der Waals surface area contributed by atoms with Crippen molar-refractivity contribution in [2.75, 3.05) is 11.9 Å². The third kappa shape index (κ3) is 6.05. The van der Waals surface area contributed by atoms with Crippen molar-refractivity contribution < 1.29 is 9.47 Å². The van der Waals surface area contributed by atoms with Crippen LogP contribution in [0.15, 0.2) is 59.1 Å². The number of anilines is 1. The van der Waals surface area contributed by atoms with Crippen LogP contribution in [0.4, 0.5) is 5.69 Å². The molecule has 0 atom stereocenters. The van der Waals surface area contributed by atoms with Gasteiger partial charge < -0.3 is 14.8 Å². The Labute approximate surface area is 190 Å². The van der Waals surface area contributed by atoms with Crippen molar-refractivity contribution in [2.45, 2.75) is 27.0 Å². The predicted molar refractivity (Wildman–Crippen MR) is 125 cm³/mol. The quantitative estimate of drug-likeness (QED) is 0.348. The summed E-state index contributed by atoms with van der Waals surface area (Å²) in [5.41, 5.74) is 4.32. The SMILES string of the molecule is CCOc1cc(CNc2ccc(C)cc2)c(Br)cc1OCc1ccc(Cl)c(Cl)c1. The lowest BCUT2D eigenvalue weighted by molar-refractivity contribution is 0.269. The topological polar surface area (TPSA) is 30.5 Å². The normalized spacial score (nSPS) is 10.7. The largest absolute Gasteiger partial charge is 0.490 e. The fraction of sp³-hybridized carbons (Fsp3) is 0.217. The Kier molecular flexibility index (Phi) is 7.70. The lowest BCUT2D eigenvalue weighted by Gasteiger charge is -2.16. The molecule has 3 aromatic carbocycles. The van der Waals surface area contributed by atoms with E-state index in [0.29, 0.717) is 41.3 Å². The maximum absolute atomic E-state index is 6.09. The Morgan fingerprint density at radius 1 is 0.897 bits per heavy atom. The fourth-order valence-electron chi connectivity index (χ4n) is 2.75. The Balaban J connectivity index is 1.74. The van der Waals surface area contributed by atoms with Crippen LogP contribution in [-0.2, 0) is 13.2 Å². The second kappa shape index (κ2) is 10.2. The molecule has 0 saturated heterocycles. The molecular formula is C23H22BrCl2NO2. The number of ether oxygens (including phenoxy) is 2. The maximum Gasteiger partial charge on any atom is 0.162 e. The lowest BCUT2D eigenvalue weighted by Crippen LogP contribution is -2.04. The predicted octanol–water partition coefficient (Wildman–Crippen LogP) is 7.65. The summed E-state index contributed by atoms with van der Waals surface area (Å²) in [7, 11) is 0. The van der Waals surface area contributed by atoms with E-state index in [4.69, 9.17) is 32.7 Å². The van der Waals surface area contributed by atoms with E-state index in [1.54, 1.807) is 12.1 Å². The molecule has 3 nitrogen and oxygen atoms in total. The highest BCUT2D eigenvalue weighted by molar-refractivity contribution is 9.10. The first-order valence-electron chi connectivity index (χ1n) is 9.28. The molecule has 0 aromatic heterocycles. The van der Waals surface area contributed by atoms with E-state index in [1.807, 2.05) is 25.1 Å². The van der Waals surface area contributed by atoms with Crippen molar-refractivity contribution in [3.63, 3.8) is 0 Å². The number of aryl methyl sites for hydroxylation is 1. The van der Waals surface area contributed by atoms with Crippen LogP contribution in [0.25, 0.3) is 0 Å². The van der Waals surface area contributed by atoms with Gasteiger partial charge in [-0.15, -0.1) is 0 Å². The average molecular weight is 495 g/mol. The average Bonchev–Trinajstić information content (AvgIpc) is 2.70. The Morgan fingerprint density at radius 3 is 2.31 bits per heavy atom. The van der Waals surface area contributed by atoms with E-state index in [1.165, 1.54) is 5.56 Å². The molecule has 0 aliphatic rings. The smallest absolute Gasteiger partial charge is 0.162 e. The molecule has 152 valence electrons. The molecule has 1 N–H and O–H groups in total. The van der Waals surface area contributed by atoms with Gasteiger partial charge in [0, 0.05) is 16.7 Å². The summed E-state index contributed by atoms with van der Waals surface area (Å²) in [5, 5.41) is 4.47. The zero-order chi connectivity index (χ0) is 20.8. The summed E-state index contributed by atoms with van der Waals surface area (Å²) in [6.07, 6.45) is 0. The van der Waals surface area contributed by atoms with Crippen LogP contribution in [0, 0.1) is 6.92 Å². The molecule has 0 bridgehead atoms. The summed E-state index contributed by atoms with van der Waals surface area (Å²) in [5.74, 6) is 1.38. The highest BCUT2D eigenvalue weighted by Crippen LogP contribution is 2.35. The molecule has 0 unspecified atom stereocenters. The van der Waals surface area contributed by atoms with Crippen LogP contribution in [0.2, 0.25) is 10.0 Å². The van der Waals surface area contributed by atoms with Gasteiger partial charge >= 0.3 is 0 Å². The molecule has 6 heteroatoms. The van der Waals surface area contributed by atoms with Crippen molar-refractivity contribution >= 4 is 44.8 Å². The Morgan fingerprint density at radius 2 is 1.62 bits per heavy atom. The van der Waals surface area contributed by atoms with Crippen LogP contribution in [0.5, 0.6) is 11.5 Å². The van der Waals surface area contributed by atoms with Gasteiger partial charge in [-0.2, -0.15) is 0 Å². The monoisotopic (exact) mass is 493 g/mol. The molecule has 0 aliphatic heterocycles. The third-order valence-corrected chi connectivity index (χ3v) is 5.80. The van der Waals surface area contributed by atoms with E-state index < -0.39 is 0 Å². The van der Waals surface area contributed by atoms with Crippen molar-refractivity contribution in [1.82, 2.24) is 0 Å². The van der Waals surface area contributed by atoms with Crippen molar-refractivity contribution in [1.29, 1.82) is 0 Å². The Hall–Kier alpha value is -1.88. The molecular weight excluding hydrogens is 473 g/mol. The van der Waals surface area contributed by atoms with E-state index >= 15 is 0 Å². The minimum atomic E-state index is 0.365. The maximum atomic E-state index is 6.09. The summed E-state index contributed by atoms with van der Waals surface area (Å²) in [4.78, 5) is 0. The molecule has 0 spiro atoms. The molecule has 0 aliphatic carbocycles. The van der Waals surface area contributed by atoms with Gasteiger partial charge in [0.2, 0.25) is 0 Å².